The van der Waals surface area contributed by atoms with Crippen molar-refractivity contribution in [1.82, 2.24) is 0 Å². The van der Waals surface area contributed by atoms with Crippen LogP contribution in [0.4, 0.5) is 59.7 Å². The molecule has 0 bridgehead atoms. The number of phenolic OH excluding ortho intramolecular Hbond substituents is 1. The fourth-order valence-electron chi connectivity index (χ4n) is 8.13. The van der Waals surface area contributed by atoms with E-state index < -0.39 is 150 Å². The molecule has 4 aliphatic rings. The van der Waals surface area contributed by atoms with E-state index in [1.165, 1.54) is 12.1 Å². The zero-order chi connectivity index (χ0) is 41.4. The molecule has 3 aromatic carbocycles. The number of benzene rings is 3. The molecule has 21 heteroatoms. The molecular formula is C35H19Cl2F11N2O6. The summed E-state index contributed by atoms with van der Waals surface area (Å²) < 4.78 is 161. The Bertz CT molecular complexity index is 2270. The Labute approximate surface area is 316 Å². The minimum absolute atomic E-state index is 0.0497. The Morgan fingerprint density at radius 2 is 1.30 bits per heavy atom. The number of carbonyl (C=O) groups is 4. The number of phenols is 1. The first kappa shape index (κ1) is 39.3. The van der Waals surface area contributed by atoms with Gasteiger partial charge in [0.1, 0.15) is 17.2 Å². The van der Waals surface area contributed by atoms with Gasteiger partial charge < -0.3 is 9.84 Å². The number of amides is 4. The summed E-state index contributed by atoms with van der Waals surface area (Å²) in [7, 11) is 1.16. The molecule has 1 saturated carbocycles. The third-order valence-corrected chi connectivity index (χ3v) is 12.0. The molecule has 0 aromatic heterocycles. The lowest BCUT2D eigenvalue weighted by Crippen LogP contribution is -2.60. The van der Waals surface area contributed by atoms with Crippen LogP contribution in [0.25, 0.3) is 0 Å². The number of halogens is 13. The van der Waals surface area contributed by atoms with Crippen molar-refractivity contribution in [2.45, 2.75) is 40.9 Å². The second-order valence-corrected chi connectivity index (χ2v) is 14.6. The lowest BCUT2D eigenvalue weighted by molar-refractivity contribution is -0.143. The van der Waals surface area contributed by atoms with Crippen LogP contribution in [0.2, 0.25) is 0 Å². The van der Waals surface area contributed by atoms with E-state index in [0.717, 1.165) is 19.2 Å². The van der Waals surface area contributed by atoms with Crippen molar-refractivity contribution < 1.29 is 77.3 Å². The van der Waals surface area contributed by atoms with Gasteiger partial charge in [-0.2, -0.15) is 26.3 Å². The molecular weight excluding hydrogens is 824 g/mol. The van der Waals surface area contributed by atoms with Gasteiger partial charge >= 0.3 is 12.4 Å². The van der Waals surface area contributed by atoms with E-state index in [4.69, 9.17) is 27.9 Å². The van der Waals surface area contributed by atoms with E-state index in [1.54, 1.807) is 0 Å². The monoisotopic (exact) mass is 842 g/mol. The summed E-state index contributed by atoms with van der Waals surface area (Å²) in [6, 6.07) is 3.35. The summed E-state index contributed by atoms with van der Waals surface area (Å²) in [6.45, 7) is 0. The van der Waals surface area contributed by atoms with Crippen molar-refractivity contribution in [3.05, 3.63) is 93.8 Å². The SMILES string of the molecule is COc1ccc(O)c([C@H]2C3=CC[C@@H]4C(=O)N(c5cc(C(F)(F)F)cc(C(F)(F)F)c5)C(=O)[C@@H]4[C@@H]3C[C@@]3(Cl)C(=O)N(c4c(F)c(F)c(F)c(F)c4F)C(=O)[C@@]23Cl)c1. The lowest BCUT2D eigenvalue weighted by atomic mass is 9.56. The van der Waals surface area contributed by atoms with Crippen LogP contribution in [-0.2, 0) is 31.5 Å². The number of aromatic hydroxyl groups is 1. The van der Waals surface area contributed by atoms with E-state index in [9.17, 15) is 63.8 Å². The van der Waals surface area contributed by atoms with Crippen LogP contribution >= 0.6 is 23.2 Å². The molecule has 0 unspecified atom stereocenters. The molecule has 0 radical (unpaired) electrons. The van der Waals surface area contributed by atoms with Gasteiger partial charge in [-0.05, 0) is 55.2 Å². The Morgan fingerprint density at radius 3 is 1.84 bits per heavy atom. The first-order valence-corrected chi connectivity index (χ1v) is 16.7. The topological polar surface area (TPSA) is 104 Å². The number of anilines is 2. The summed E-state index contributed by atoms with van der Waals surface area (Å²) in [5, 5.41) is 11.1. The molecule has 2 aliphatic heterocycles. The number of fused-ring (bicyclic) bond motifs is 4. The van der Waals surface area contributed by atoms with Gasteiger partial charge in [-0.15, -0.1) is 23.2 Å². The molecule has 0 spiro atoms. The van der Waals surface area contributed by atoms with Gasteiger partial charge in [-0.3, -0.25) is 19.2 Å². The summed E-state index contributed by atoms with van der Waals surface area (Å²) >= 11 is 14.0. The molecule has 7 rings (SSSR count). The third-order valence-electron chi connectivity index (χ3n) is 10.6. The molecule has 56 heavy (non-hydrogen) atoms. The normalized spacial score (nSPS) is 27.7. The summed E-state index contributed by atoms with van der Waals surface area (Å²) in [5.41, 5.74) is -7.48. The molecule has 2 heterocycles. The van der Waals surface area contributed by atoms with Crippen molar-refractivity contribution in [1.29, 1.82) is 0 Å². The van der Waals surface area contributed by atoms with Gasteiger partial charge in [-0.1, -0.05) is 11.6 Å². The number of nitrogens with zero attached hydrogens (tertiary/aromatic N) is 2. The van der Waals surface area contributed by atoms with Crippen molar-refractivity contribution in [3.63, 3.8) is 0 Å². The minimum atomic E-state index is -5.39. The smallest absolute Gasteiger partial charge is 0.416 e. The number of imide groups is 2. The second-order valence-electron chi connectivity index (χ2n) is 13.4. The van der Waals surface area contributed by atoms with Gasteiger partial charge in [0.15, 0.2) is 33.0 Å². The maximum absolute atomic E-state index is 15.2. The average Bonchev–Trinajstić information content (AvgIpc) is 3.47. The highest BCUT2D eigenvalue weighted by molar-refractivity contribution is 6.58. The second kappa shape index (κ2) is 12.5. The molecule has 4 amide bonds. The van der Waals surface area contributed by atoms with Crippen LogP contribution in [0.1, 0.15) is 35.4 Å². The summed E-state index contributed by atoms with van der Waals surface area (Å²) in [5.74, 6) is -27.1. The molecule has 1 N–H and O–H groups in total. The van der Waals surface area contributed by atoms with Gasteiger partial charge in [0.2, 0.25) is 17.6 Å². The Balaban J connectivity index is 1.43. The number of methoxy groups -OCH3 is 1. The van der Waals surface area contributed by atoms with Crippen LogP contribution in [0.15, 0.2) is 48.0 Å². The Morgan fingerprint density at radius 1 is 0.750 bits per heavy atom. The highest BCUT2D eigenvalue weighted by atomic mass is 35.5. The number of allylic oxidation sites excluding steroid dienone is 2. The van der Waals surface area contributed by atoms with Crippen LogP contribution < -0.4 is 14.5 Å². The maximum atomic E-state index is 15.2. The van der Waals surface area contributed by atoms with Crippen molar-refractivity contribution >= 4 is 58.2 Å². The number of hydrogen-bond donors (Lipinski definition) is 1. The van der Waals surface area contributed by atoms with Crippen molar-refractivity contribution in [2.24, 2.45) is 17.8 Å². The molecule has 6 atom stereocenters. The Kier molecular flexibility index (Phi) is 8.81. The molecule has 2 saturated heterocycles. The van der Waals surface area contributed by atoms with Crippen molar-refractivity contribution in [2.75, 3.05) is 16.9 Å². The first-order chi connectivity index (χ1) is 25.9. The van der Waals surface area contributed by atoms with E-state index in [0.29, 0.717) is 0 Å². The van der Waals surface area contributed by atoms with Crippen LogP contribution in [0, 0.1) is 46.8 Å². The zero-order valence-corrected chi connectivity index (χ0v) is 29.1. The molecule has 296 valence electrons. The van der Waals surface area contributed by atoms with Crippen LogP contribution in [0.5, 0.6) is 11.5 Å². The van der Waals surface area contributed by atoms with E-state index >= 15 is 8.78 Å². The van der Waals surface area contributed by atoms with Gasteiger partial charge in [0.25, 0.3) is 11.8 Å². The summed E-state index contributed by atoms with van der Waals surface area (Å²) in [4.78, 5) is 50.2. The molecule has 3 aromatic rings. The van der Waals surface area contributed by atoms with Gasteiger partial charge in [0.05, 0.1) is 35.8 Å². The average molecular weight is 843 g/mol. The standard InChI is InChI=1S/C35H19Cl2F11N2O6/c1-56-14-2-5-19(51)17(9-14)21-15-3-4-16-20(29(53)49(28(16)52)13-7-11(34(43,44)45)6-12(8-13)35(46,47)48)18(15)10-32(36)30(54)50(31(55)33(21,32)37)27-25(41)23(39)22(38)24(40)26(27)42/h2-3,5-9,16,18,20-21,51H,4,10H2,1H3/t16-,18+,20-,21+,32+,33-/m0/s1. The summed E-state index contributed by atoms with van der Waals surface area (Å²) in [6.07, 6.45) is -11.1. The zero-order valence-electron chi connectivity index (χ0n) is 27.6. The number of ether oxygens (including phenoxy) is 1. The van der Waals surface area contributed by atoms with E-state index in [-0.39, 0.29) is 34.4 Å². The number of carbonyl (C=O) groups excluding carboxylic acids is 4. The predicted molar refractivity (Wildman–Crippen MR) is 170 cm³/mol. The van der Waals surface area contributed by atoms with Gasteiger partial charge in [0, 0.05) is 11.5 Å². The Hall–Kier alpha value is -4.91. The maximum Gasteiger partial charge on any atom is 0.416 e. The lowest BCUT2D eigenvalue weighted by Gasteiger charge is -2.50. The number of rotatable bonds is 4. The third kappa shape index (κ3) is 5.25. The first-order valence-electron chi connectivity index (χ1n) is 15.9. The fraction of sp³-hybridized carbons (Fsp3) is 0.314. The van der Waals surface area contributed by atoms with E-state index in [2.05, 4.69) is 0 Å². The molecule has 2 aliphatic carbocycles. The highest BCUT2D eigenvalue weighted by Gasteiger charge is 2.77. The predicted octanol–water partition coefficient (Wildman–Crippen LogP) is 7.90. The highest BCUT2D eigenvalue weighted by Crippen LogP contribution is 2.67. The molecule has 3 fully saturated rings. The fourth-order valence-corrected chi connectivity index (χ4v) is 9.05. The van der Waals surface area contributed by atoms with Crippen LogP contribution in [-0.4, -0.2) is 45.6 Å². The molecule has 8 nitrogen and oxygen atoms in total. The number of hydrogen-bond acceptors (Lipinski definition) is 6. The van der Waals surface area contributed by atoms with Gasteiger partial charge in [-0.25, -0.2) is 31.8 Å². The largest absolute Gasteiger partial charge is 0.508 e. The number of alkyl halides is 8. The van der Waals surface area contributed by atoms with Crippen molar-refractivity contribution in [3.8, 4) is 11.5 Å². The quantitative estimate of drug-likeness (QED) is 0.0716. The van der Waals surface area contributed by atoms with E-state index in [1.807, 2.05) is 0 Å². The minimum Gasteiger partial charge on any atom is -0.508 e. The van der Waals surface area contributed by atoms with Crippen LogP contribution in [0.3, 0.4) is 0 Å².